The zero-order valence-electron chi connectivity index (χ0n) is 14.3. The van der Waals surface area contributed by atoms with Crippen molar-refractivity contribution < 1.29 is 9.53 Å². The molecule has 0 aliphatic heterocycles. The van der Waals surface area contributed by atoms with E-state index in [0.29, 0.717) is 6.54 Å². The van der Waals surface area contributed by atoms with E-state index in [4.69, 9.17) is 4.74 Å². The van der Waals surface area contributed by atoms with Crippen LogP contribution in [0.25, 0.3) is 10.9 Å². The van der Waals surface area contributed by atoms with Crippen molar-refractivity contribution in [2.24, 2.45) is 0 Å². The molecule has 23 heavy (non-hydrogen) atoms. The summed E-state index contributed by atoms with van der Waals surface area (Å²) in [7, 11) is 0. The number of fused-ring (bicyclic) bond motifs is 2. The van der Waals surface area contributed by atoms with Gasteiger partial charge in [-0.15, -0.1) is 0 Å². The van der Waals surface area contributed by atoms with E-state index in [1.54, 1.807) is 0 Å². The maximum Gasteiger partial charge on any atom is 0.407 e. The summed E-state index contributed by atoms with van der Waals surface area (Å²) >= 11 is 0. The smallest absolute Gasteiger partial charge is 0.407 e. The summed E-state index contributed by atoms with van der Waals surface area (Å²) < 4.78 is 5.29. The van der Waals surface area contributed by atoms with Crippen molar-refractivity contribution in [2.45, 2.75) is 65.0 Å². The molecule has 2 aromatic rings. The van der Waals surface area contributed by atoms with Crippen molar-refractivity contribution in [1.29, 1.82) is 0 Å². The Morgan fingerprint density at radius 1 is 1.17 bits per heavy atom. The molecule has 1 amide bonds. The van der Waals surface area contributed by atoms with Crippen LogP contribution < -0.4 is 5.32 Å². The number of aryl methyl sites for hydroxylation is 2. The Hall–Kier alpha value is -1.97. The van der Waals surface area contributed by atoms with Gasteiger partial charge in [0.2, 0.25) is 0 Å². The largest absolute Gasteiger partial charge is 0.444 e. The first kappa shape index (κ1) is 15.9. The van der Waals surface area contributed by atoms with Gasteiger partial charge >= 0.3 is 6.09 Å². The summed E-state index contributed by atoms with van der Waals surface area (Å²) in [5.41, 5.74) is 4.74. The van der Waals surface area contributed by atoms with Gasteiger partial charge in [0.1, 0.15) is 5.60 Å². The third-order valence-electron chi connectivity index (χ3n) is 4.30. The summed E-state index contributed by atoms with van der Waals surface area (Å²) in [6, 6.07) is 4.59. The Bertz CT molecular complexity index is 710. The lowest BCUT2D eigenvalue weighted by atomic mass is 9.99. The summed E-state index contributed by atoms with van der Waals surface area (Å²) in [5, 5.41) is 4.05. The minimum Gasteiger partial charge on any atom is -0.444 e. The lowest BCUT2D eigenvalue weighted by Gasteiger charge is -2.19. The van der Waals surface area contributed by atoms with Crippen LogP contribution in [-0.4, -0.2) is 16.7 Å². The highest BCUT2D eigenvalue weighted by Gasteiger charge is 2.17. The monoisotopic (exact) mass is 314 g/mol. The number of carbonyl (C=O) groups excluding carboxylic acids is 1. The number of carbonyl (C=O) groups is 1. The Kier molecular flexibility index (Phi) is 4.33. The van der Waals surface area contributed by atoms with Gasteiger partial charge in [0.15, 0.2) is 0 Å². The zero-order valence-corrected chi connectivity index (χ0v) is 14.3. The highest BCUT2D eigenvalue weighted by atomic mass is 16.6. The molecule has 1 aliphatic rings. The Morgan fingerprint density at radius 2 is 1.87 bits per heavy atom. The normalized spacial score (nSPS) is 15.1. The number of amides is 1. The van der Waals surface area contributed by atoms with Crippen LogP contribution in [0.5, 0.6) is 0 Å². The average molecular weight is 314 g/mol. The fourth-order valence-corrected chi connectivity index (χ4v) is 3.22. The van der Waals surface area contributed by atoms with Gasteiger partial charge in [0, 0.05) is 23.6 Å². The quantitative estimate of drug-likeness (QED) is 0.804. The molecule has 0 unspecified atom stereocenters. The molecule has 0 saturated heterocycles. The highest BCUT2D eigenvalue weighted by molar-refractivity contribution is 5.85. The van der Waals surface area contributed by atoms with Crippen molar-refractivity contribution in [1.82, 2.24) is 10.3 Å². The first-order chi connectivity index (χ1) is 10.9. The lowest BCUT2D eigenvalue weighted by Crippen LogP contribution is -2.32. The van der Waals surface area contributed by atoms with Gasteiger partial charge in [0.05, 0.1) is 0 Å². The second-order valence-corrected chi connectivity index (χ2v) is 7.40. The number of rotatable bonds is 2. The highest BCUT2D eigenvalue weighted by Crippen LogP contribution is 2.27. The van der Waals surface area contributed by atoms with Crippen molar-refractivity contribution in [3.05, 3.63) is 35.0 Å². The molecule has 2 N–H and O–H groups in total. The molecule has 1 aromatic heterocycles. The number of ether oxygens (including phenoxy) is 1. The van der Waals surface area contributed by atoms with Crippen LogP contribution >= 0.6 is 0 Å². The molecular formula is C19H26N2O2. The SMILES string of the molecule is CC(C)(C)OC(=O)NCc1c[nH]c2cc3c(cc12)CCCCC3. The molecule has 4 nitrogen and oxygen atoms in total. The van der Waals surface area contributed by atoms with E-state index < -0.39 is 5.60 Å². The molecule has 0 radical (unpaired) electrons. The van der Waals surface area contributed by atoms with Crippen LogP contribution in [-0.2, 0) is 24.1 Å². The zero-order chi connectivity index (χ0) is 16.4. The van der Waals surface area contributed by atoms with E-state index in [1.807, 2.05) is 27.0 Å². The predicted molar refractivity (Wildman–Crippen MR) is 92.6 cm³/mol. The number of aromatic amines is 1. The molecule has 0 saturated carbocycles. The fourth-order valence-electron chi connectivity index (χ4n) is 3.22. The topological polar surface area (TPSA) is 54.1 Å². The molecule has 124 valence electrons. The van der Waals surface area contributed by atoms with Crippen LogP contribution in [0.2, 0.25) is 0 Å². The second-order valence-electron chi connectivity index (χ2n) is 7.40. The van der Waals surface area contributed by atoms with Crippen molar-refractivity contribution in [2.75, 3.05) is 0 Å². The van der Waals surface area contributed by atoms with Gasteiger partial charge in [-0.05, 0) is 75.3 Å². The van der Waals surface area contributed by atoms with E-state index in [-0.39, 0.29) is 6.09 Å². The molecule has 1 aliphatic carbocycles. The molecule has 0 atom stereocenters. The molecule has 3 rings (SSSR count). The van der Waals surface area contributed by atoms with Gasteiger partial charge < -0.3 is 15.0 Å². The van der Waals surface area contributed by atoms with Crippen LogP contribution in [0.15, 0.2) is 18.3 Å². The average Bonchev–Trinajstić information content (AvgIpc) is 2.69. The third kappa shape index (κ3) is 3.87. The van der Waals surface area contributed by atoms with Crippen molar-refractivity contribution in [3.8, 4) is 0 Å². The number of benzene rings is 1. The van der Waals surface area contributed by atoms with Gasteiger partial charge in [-0.3, -0.25) is 0 Å². The lowest BCUT2D eigenvalue weighted by molar-refractivity contribution is 0.0524. The molecular weight excluding hydrogens is 288 g/mol. The molecule has 0 bridgehead atoms. The van der Waals surface area contributed by atoms with Crippen LogP contribution in [0.1, 0.15) is 56.7 Å². The Labute approximate surface area is 137 Å². The number of H-pyrrole nitrogens is 1. The molecule has 4 heteroatoms. The number of hydrogen-bond donors (Lipinski definition) is 2. The Balaban J connectivity index is 1.77. The molecule has 0 fully saturated rings. The maximum atomic E-state index is 11.8. The third-order valence-corrected chi connectivity index (χ3v) is 4.30. The second kappa shape index (κ2) is 6.26. The van der Waals surface area contributed by atoms with Gasteiger partial charge in [-0.25, -0.2) is 4.79 Å². The number of hydrogen-bond acceptors (Lipinski definition) is 2. The Morgan fingerprint density at radius 3 is 2.57 bits per heavy atom. The molecule has 1 aromatic carbocycles. The standard InChI is InChI=1S/C19H26N2O2/c1-19(2,3)23-18(22)21-12-15-11-20-17-10-14-8-6-4-5-7-13(14)9-16(15)17/h9-11,20H,4-8,12H2,1-3H3,(H,21,22). The first-order valence-corrected chi connectivity index (χ1v) is 8.51. The van der Waals surface area contributed by atoms with Crippen LogP contribution in [0, 0.1) is 0 Å². The van der Waals surface area contributed by atoms with E-state index in [1.165, 1.54) is 42.2 Å². The minimum atomic E-state index is -0.471. The van der Waals surface area contributed by atoms with Gasteiger partial charge in [-0.1, -0.05) is 6.42 Å². The molecule has 1 heterocycles. The summed E-state index contributed by atoms with van der Waals surface area (Å²) in [4.78, 5) is 15.2. The first-order valence-electron chi connectivity index (χ1n) is 8.51. The van der Waals surface area contributed by atoms with Crippen LogP contribution in [0.3, 0.4) is 0 Å². The van der Waals surface area contributed by atoms with E-state index in [0.717, 1.165) is 17.5 Å². The van der Waals surface area contributed by atoms with E-state index in [2.05, 4.69) is 22.4 Å². The van der Waals surface area contributed by atoms with Crippen molar-refractivity contribution in [3.63, 3.8) is 0 Å². The maximum absolute atomic E-state index is 11.8. The number of aromatic nitrogens is 1. The number of nitrogens with one attached hydrogen (secondary N) is 2. The van der Waals surface area contributed by atoms with Gasteiger partial charge in [-0.2, -0.15) is 0 Å². The number of alkyl carbamates (subject to hydrolysis) is 1. The summed E-state index contributed by atoms with van der Waals surface area (Å²) in [6.45, 7) is 6.09. The fraction of sp³-hybridized carbons (Fsp3) is 0.526. The summed E-state index contributed by atoms with van der Waals surface area (Å²) in [5.74, 6) is 0. The van der Waals surface area contributed by atoms with Crippen LogP contribution in [0.4, 0.5) is 4.79 Å². The van der Waals surface area contributed by atoms with Gasteiger partial charge in [0.25, 0.3) is 0 Å². The van der Waals surface area contributed by atoms with E-state index >= 15 is 0 Å². The molecule has 0 spiro atoms. The van der Waals surface area contributed by atoms with E-state index in [9.17, 15) is 4.79 Å². The van der Waals surface area contributed by atoms with Crippen molar-refractivity contribution >= 4 is 17.0 Å². The summed E-state index contributed by atoms with van der Waals surface area (Å²) in [6.07, 6.45) is 7.82. The predicted octanol–water partition coefficient (Wildman–Crippen LogP) is 4.46. The minimum absolute atomic E-state index is 0.374.